The Morgan fingerprint density at radius 2 is 2.29 bits per heavy atom. The first-order valence-corrected chi connectivity index (χ1v) is 5.18. The SMILES string of the molecule is CCCNC(=O)c1cccc(F)c1Br. The van der Waals surface area contributed by atoms with Crippen LogP contribution in [0.5, 0.6) is 0 Å². The Morgan fingerprint density at radius 3 is 2.93 bits per heavy atom. The molecular weight excluding hydrogens is 249 g/mol. The Hall–Kier alpha value is -0.900. The van der Waals surface area contributed by atoms with Crippen molar-refractivity contribution in [2.24, 2.45) is 0 Å². The maximum Gasteiger partial charge on any atom is 0.252 e. The third-order valence-corrected chi connectivity index (χ3v) is 2.54. The first-order valence-electron chi connectivity index (χ1n) is 4.39. The van der Waals surface area contributed by atoms with E-state index in [1.165, 1.54) is 12.1 Å². The Kier molecular flexibility index (Phi) is 4.07. The molecule has 0 aromatic heterocycles. The Balaban J connectivity index is 2.84. The quantitative estimate of drug-likeness (QED) is 0.889. The highest BCUT2D eigenvalue weighted by molar-refractivity contribution is 9.10. The molecule has 0 aliphatic carbocycles. The van der Waals surface area contributed by atoms with Crippen molar-refractivity contribution in [1.82, 2.24) is 5.32 Å². The normalized spacial score (nSPS) is 9.93. The number of rotatable bonds is 3. The molecule has 0 atom stereocenters. The third-order valence-electron chi connectivity index (χ3n) is 1.73. The number of hydrogen-bond donors (Lipinski definition) is 1. The van der Waals surface area contributed by atoms with Gasteiger partial charge in [0.15, 0.2) is 0 Å². The second-order valence-corrected chi connectivity index (χ2v) is 3.65. The molecule has 0 bridgehead atoms. The molecule has 1 rings (SSSR count). The average Bonchev–Trinajstić information content (AvgIpc) is 2.18. The number of halogens is 2. The highest BCUT2D eigenvalue weighted by Crippen LogP contribution is 2.19. The molecule has 14 heavy (non-hydrogen) atoms. The standard InChI is InChI=1S/C10H11BrFNO/c1-2-6-13-10(14)7-4-3-5-8(12)9(7)11/h3-5H,2,6H2,1H3,(H,13,14). The van der Waals surface area contributed by atoms with E-state index in [9.17, 15) is 9.18 Å². The minimum atomic E-state index is -0.422. The lowest BCUT2D eigenvalue weighted by Crippen LogP contribution is -2.24. The van der Waals surface area contributed by atoms with Gasteiger partial charge in [0, 0.05) is 6.54 Å². The van der Waals surface area contributed by atoms with Crippen LogP contribution in [-0.4, -0.2) is 12.5 Å². The van der Waals surface area contributed by atoms with Crippen molar-refractivity contribution < 1.29 is 9.18 Å². The van der Waals surface area contributed by atoms with E-state index in [1.54, 1.807) is 6.07 Å². The van der Waals surface area contributed by atoms with Crippen LogP contribution in [0.2, 0.25) is 0 Å². The molecule has 1 aromatic carbocycles. The van der Waals surface area contributed by atoms with Gasteiger partial charge in [0.25, 0.3) is 5.91 Å². The van der Waals surface area contributed by atoms with E-state index in [-0.39, 0.29) is 10.4 Å². The van der Waals surface area contributed by atoms with Gasteiger partial charge in [0.2, 0.25) is 0 Å². The maximum absolute atomic E-state index is 13.0. The van der Waals surface area contributed by atoms with Crippen molar-refractivity contribution >= 4 is 21.8 Å². The van der Waals surface area contributed by atoms with Gasteiger partial charge in [-0.25, -0.2) is 4.39 Å². The summed E-state index contributed by atoms with van der Waals surface area (Å²) in [5.41, 5.74) is 0.332. The van der Waals surface area contributed by atoms with Gasteiger partial charge in [-0.1, -0.05) is 13.0 Å². The van der Waals surface area contributed by atoms with E-state index in [0.717, 1.165) is 6.42 Å². The van der Waals surface area contributed by atoms with E-state index in [2.05, 4.69) is 21.2 Å². The number of benzene rings is 1. The number of nitrogens with one attached hydrogen (secondary N) is 1. The molecule has 0 unspecified atom stereocenters. The molecule has 0 saturated carbocycles. The lowest BCUT2D eigenvalue weighted by atomic mass is 10.2. The van der Waals surface area contributed by atoms with Gasteiger partial charge in [-0.15, -0.1) is 0 Å². The van der Waals surface area contributed by atoms with Crippen LogP contribution in [0.3, 0.4) is 0 Å². The molecule has 0 heterocycles. The maximum atomic E-state index is 13.0. The van der Waals surface area contributed by atoms with Crippen molar-refractivity contribution in [3.63, 3.8) is 0 Å². The third kappa shape index (κ3) is 2.54. The molecule has 2 nitrogen and oxygen atoms in total. The zero-order valence-electron chi connectivity index (χ0n) is 7.81. The fraction of sp³-hybridized carbons (Fsp3) is 0.300. The van der Waals surface area contributed by atoms with Gasteiger partial charge < -0.3 is 5.32 Å². The smallest absolute Gasteiger partial charge is 0.252 e. The highest BCUT2D eigenvalue weighted by atomic mass is 79.9. The van der Waals surface area contributed by atoms with E-state index >= 15 is 0 Å². The summed E-state index contributed by atoms with van der Waals surface area (Å²) in [5.74, 6) is -0.674. The van der Waals surface area contributed by atoms with Crippen LogP contribution in [0.1, 0.15) is 23.7 Å². The van der Waals surface area contributed by atoms with Crippen molar-refractivity contribution in [2.75, 3.05) is 6.54 Å². The van der Waals surface area contributed by atoms with Gasteiger partial charge in [-0.2, -0.15) is 0 Å². The molecule has 76 valence electrons. The zero-order valence-corrected chi connectivity index (χ0v) is 9.40. The first kappa shape index (κ1) is 11.2. The van der Waals surface area contributed by atoms with Crippen LogP contribution in [0.25, 0.3) is 0 Å². The minimum absolute atomic E-state index is 0.216. The highest BCUT2D eigenvalue weighted by Gasteiger charge is 2.11. The first-order chi connectivity index (χ1) is 6.66. The Bertz CT molecular complexity index is 341. The number of amides is 1. The summed E-state index contributed by atoms with van der Waals surface area (Å²) < 4.78 is 13.3. The summed E-state index contributed by atoms with van der Waals surface area (Å²) >= 11 is 3.04. The fourth-order valence-corrected chi connectivity index (χ4v) is 1.46. The number of hydrogen-bond acceptors (Lipinski definition) is 1. The van der Waals surface area contributed by atoms with E-state index < -0.39 is 5.82 Å². The van der Waals surface area contributed by atoms with Crippen LogP contribution in [0.4, 0.5) is 4.39 Å². The van der Waals surface area contributed by atoms with Gasteiger partial charge >= 0.3 is 0 Å². The Labute approximate surface area is 90.6 Å². The Morgan fingerprint density at radius 1 is 1.57 bits per heavy atom. The van der Waals surface area contributed by atoms with Crippen LogP contribution in [0.15, 0.2) is 22.7 Å². The molecule has 0 spiro atoms. The molecule has 4 heteroatoms. The van der Waals surface area contributed by atoms with E-state index in [4.69, 9.17) is 0 Å². The lowest BCUT2D eigenvalue weighted by Gasteiger charge is -2.05. The molecule has 1 amide bonds. The molecule has 0 aliphatic heterocycles. The predicted molar refractivity (Wildman–Crippen MR) is 56.7 cm³/mol. The van der Waals surface area contributed by atoms with Crippen molar-refractivity contribution in [1.29, 1.82) is 0 Å². The van der Waals surface area contributed by atoms with Gasteiger partial charge in [0.1, 0.15) is 5.82 Å². The zero-order chi connectivity index (χ0) is 10.6. The summed E-state index contributed by atoms with van der Waals surface area (Å²) in [4.78, 5) is 11.5. The number of carbonyl (C=O) groups is 1. The molecular formula is C10H11BrFNO. The molecule has 1 aromatic rings. The predicted octanol–water partition coefficient (Wildman–Crippen LogP) is 2.73. The van der Waals surface area contributed by atoms with Gasteiger partial charge in [-0.3, -0.25) is 4.79 Å². The second kappa shape index (κ2) is 5.10. The molecule has 0 fully saturated rings. The summed E-state index contributed by atoms with van der Waals surface area (Å²) in [6.45, 7) is 2.56. The molecule has 0 saturated heterocycles. The molecule has 0 radical (unpaired) electrons. The van der Waals surface area contributed by atoms with E-state index in [0.29, 0.717) is 12.1 Å². The average molecular weight is 260 g/mol. The largest absolute Gasteiger partial charge is 0.352 e. The summed E-state index contributed by atoms with van der Waals surface area (Å²) in [6, 6.07) is 4.40. The number of carbonyl (C=O) groups excluding carboxylic acids is 1. The van der Waals surface area contributed by atoms with Crippen LogP contribution in [0, 0.1) is 5.82 Å². The fourth-order valence-electron chi connectivity index (χ4n) is 1.01. The summed E-state index contributed by atoms with van der Waals surface area (Å²) in [7, 11) is 0. The van der Waals surface area contributed by atoms with Crippen molar-refractivity contribution in [3.05, 3.63) is 34.1 Å². The van der Waals surface area contributed by atoms with E-state index in [1.807, 2.05) is 6.92 Å². The summed E-state index contributed by atoms with van der Waals surface area (Å²) in [5, 5.41) is 2.68. The van der Waals surface area contributed by atoms with Gasteiger partial charge in [-0.05, 0) is 34.5 Å². The van der Waals surface area contributed by atoms with Crippen molar-refractivity contribution in [2.45, 2.75) is 13.3 Å². The minimum Gasteiger partial charge on any atom is -0.352 e. The second-order valence-electron chi connectivity index (χ2n) is 2.86. The molecule has 0 aliphatic rings. The summed E-state index contributed by atoms with van der Waals surface area (Å²) in [6.07, 6.45) is 0.860. The van der Waals surface area contributed by atoms with Crippen LogP contribution < -0.4 is 5.32 Å². The van der Waals surface area contributed by atoms with Gasteiger partial charge in [0.05, 0.1) is 10.0 Å². The lowest BCUT2D eigenvalue weighted by molar-refractivity contribution is 0.0952. The monoisotopic (exact) mass is 259 g/mol. The molecule has 1 N–H and O–H groups in total. The van der Waals surface area contributed by atoms with Crippen molar-refractivity contribution in [3.8, 4) is 0 Å². The van der Waals surface area contributed by atoms with Crippen LogP contribution >= 0.6 is 15.9 Å². The van der Waals surface area contributed by atoms with Crippen LogP contribution in [-0.2, 0) is 0 Å². The topological polar surface area (TPSA) is 29.1 Å².